The molecule has 7 nitrogen and oxygen atoms in total. The van der Waals surface area contributed by atoms with Gasteiger partial charge in [0, 0.05) is 37.0 Å². The van der Waals surface area contributed by atoms with Crippen LogP contribution < -0.4 is 5.56 Å². The minimum Gasteiger partial charge on any atom is -0.338 e. The first-order valence-corrected chi connectivity index (χ1v) is 10.9. The fraction of sp³-hybridized carbons (Fsp3) is 0.435. The summed E-state index contributed by atoms with van der Waals surface area (Å²) in [6.45, 7) is 3.88. The number of piperidine rings is 2. The van der Waals surface area contributed by atoms with Crippen LogP contribution in [0.3, 0.4) is 0 Å². The summed E-state index contributed by atoms with van der Waals surface area (Å²) >= 11 is 0. The van der Waals surface area contributed by atoms with Gasteiger partial charge in [-0.1, -0.05) is 36.8 Å². The second kappa shape index (κ2) is 8.07. The number of likely N-dealkylation sites (tertiary alicyclic amines) is 2. The Morgan fingerprint density at radius 3 is 2.47 bits per heavy atom. The summed E-state index contributed by atoms with van der Waals surface area (Å²) in [5.74, 6) is -0.0528. The van der Waals surface area contributed by atoms with Gasteiger partial charge in [0.25, 0.3) is 11.5 Å². The third-order valence-electron chi connectivity index (χ3n) is 6.46. The molecule has 2 aromatic heterocycles. The molecule has 4 heterocycles. The molecule has 30 heavy (non-hydrogen) atoms. The molecule has 0 spiro atoms. The Morgan fingerprint density at radius 1 is 1.00 bits per heavy atom. The van der Waals surface area contributed by atoms with E-state index in [2.05, 4.69) is 15.0 Å². The van der Waals surface area contributed by atoms with Crippen LogP contribution in [-0.2, 0) is 0 Å². The summed E-state index contributed by atoms with van der Waals surface area (Å²) in [6.07, 6.45) is 7.55. The van der Waals surface area contributed by atoms with Crippen LogP contribution in [0.4, 0.5) is 0 Å². The maximum atomic E-state index is 13.3. The number of benzene rings is 1. The third kappa shape index (κ3) is 3.54. The number of aromatic amines is 1. The molecule has 0 saturated carbocycles. The second-order valence-electron chi connectivity index (χ2n) is 8.31. The van der Waals surface area contributed by atoms with Crippen LogP contribution in [0.15, 0.2) is 47.4 Å². The molecule has 0 radical (unpaired) electrons. The Hall–Kier alpha value is -2.93. The number of nitrogens with one attached hydrogen (secondary N) is 1. The Labute approximate surface area is 175 Å². The van der Waals surface area contributed by atoms with E-state index < -0.39 is 0 Å². The molecule has 0 bridgehead atoms. The summed E-state index contributed by atoms with van der Waals surface area (Å²) in [7, 11) is 0. The quantitative estimate of drug-likeness (QED) is 0.727. The smallest absolute Gasteiger partial charge is 0.273 e. The predicted octanol–water partition coefficient (Wildman–Crippen LogP) is 2.78. The first-order valence-electron chi connectivity index (χ1n) is 10.9. The molecular formula is C23H27N5O2. The van der Waals surface area contributed by atoms with Crippen LogP contribution in [-0.4, -0.2) is 62.5 Å². The van der Waals surface area contributed by atoms with Gasteiger partial charge in [-0.3, -0.25) is 14.7 Å². The number of carbonyl (C=O) groups is 1. The molecule has 0 aliphatic carbocycles. The number of amides is 1. The van der Waals surface area contributed by atoms with Crippen molar-refractivity contribution in [1.82, 2.24) is 24.4 Å². The van der Waals surface area contributed by atoms with Crippen LogP contribution >= 0.6 is 0 Å². The second-order valence-corrected chi connectivity index (χ2v) is 8.31. The summed E-state index contributed by atoms with van der Waals surface area (Å²) < 4.78 is 1.35. The van der Waals surface area contributed by atoms with E-state index >= 15 is 0 Å². The number of hydrogen-bond donors (Lipinski definition) is 1. The minimum atomic E-state index is -0.221. The molecular weight excluding hydrogens is 378 g/mol. The number of hydrogen-bond acceptors (Lipinski definition) is 4. The lowest BCUT2D eigenvalue weighted by molar-refractivity contribution is 0.0591. The van der Waals surface area contributed by atoms with Gasteiger partial charge in [0.05, 0.1) is 5.69 Å². The molecule has 2 aliphatic rings. The van der Waals surface area contributed by atoms with Crippen molar-refractivity contribution in [2.24, 2.45) is 0 Å². The monoisotopic (exact) mass is 405 g/mol. The highest BCUT2D eigenvalue weighted by Gasteiger charge is 2.29. The Kier molecular flexibility index (Phi) is 5.12. The van der Waals surface area contributed by atoms with Crippen molar-refractivity contribution in [2.45, 2.75) is 38.1 Å². The highest BCUT2D eigenvalue weighted by Crippen LogP contribution is 2.23. The van der Waals surface area contributed by atoms with Gasteiger partial charge >= 0.3 is 0 Å². The molecule has 0 atom stereocenters. The molecule has 2 aliphatic heterocycles. The van der Waals surface area contributed by atoms with Crippen LogP contribution in [0.25, 0.3) is 16.9 Å². The van der Waals surface area contributed by atoms with Crippen molar-refractivity contribution in [3.63, 3.8) is 0 Å². The maximum absolute atomic E-state index is 13.3. The Bertz CT molecular complexity index is 1090. The molecule has 2 saturated heterocycles. The van der Waals surface area contributed by atoms with Crippen LogP contribution in [0.5, 0.6) is 0 Å². The van der Waals surface area contributed by atoms with Gasteiger partial charge in [0.2, 0.25) is 0 Å². The summed E-state index contributed by atoms with van der Waals surface area (Å²) in [4.78, 5) is 35.0. The van der Waals surface area contributed by atoms with E-state index in [1.807, 2.05) is 35.2 Å². The highest BCUT2D eigenvalue weighted by molar-refractivity contribution is 5.99. The van der Waals surface area contributed by atoms with Gasteiger partial charge in [-0.15, -0.1) is 0 Å². The average molecular weight is 406 g/mol. The third-order valence-corrected chi connectivity index (χ3v) is 6.46. The fourth-order valence-corrected chi connectivity index (χ4v) is 4.78. The van der Waals surface area contributed by atoms with Crippen molar-refractivity contribution in [1.29, 1.82) is 0 Å². The minimum absolute atomic E-state index is 0.0528. The summed E-state index contributed by atoms with van der Waals surface area (Å²) in [6, 6.07) is 11.7. The van der Waals surface area contributed by atoms with Crippen molar-refractivity contribution in [3.05, 3.63) is 58.5 Å². The standard InChI is InChI=1S/C23H27N5O2/c29-21-15-20(17-7-3-1-4-8-17)25-22-19(16-24-28(21)22)23(30)27-13-9-18(10-14-27)26-11-5-2-6-12-26/h1,3-4,7-8,15-16,18,24H,2,5-6,9-14H2. The van der Waals surface area contributed by atoms with Crippen LogP contribution in [0.2, 0.25) is 0 Å². The number of H-pyrrole nitrogens is 1. The Balaban J connectivity index is 1.37. The fourth-order valence-electron chi connectivity index (χ4n) is 4.78. The van der Waals surface area contributed by atoms with Crippen LogP contribution in [0, 0.1) is 0 Å². The summed E-state index contributed by atoms with van der Waals surface area (Å²) in [5.41, 5.74) is 2.07. The molecule has 5 rings (SSSR count). The number of nitrogens with zero attached hydrogens (tertiary/aromatic N) is 4. The lowest BCUT2D eigenvalue weighted by Gasteiger charge is -2.40. The van der Waals surface area contributed by atoms with Gasteiger partial charge in [-0.2, -0.15) is 0 Å². The van der Waals surface area contributed by atoms with E-state index in [1.165, 1.54) is 42.9 Å². The molecule has 1 N–H and O–H groups in total. The zero-order valence-electron chi connectivity index (χ0n) is 17.1. The molecule has 156 valence electrons. The average Bonchev–Trinajstić information content (AvgIpc) is 3.24. The van der Waals surface area contributed by atoms with Gasteiger partial charge < -0.3 is 9.80 Å². The lowest BCUT2D eigenvalue weighted by Crippen LogP contribution is -2.48. The molecule has 1 aromatic carbocycles. The molecule has 1 amide bonds. The molecule has 2 fully saturated rings. The van der Waals surface area contributed by atoms with E-state index in [0.29, 0.717) is 22.9 Å². The van der Waals surface area contributed by atoms with E-state index in [9.17, 15) is 9.59 Å². The van der Waals surface area contributed by atoms with Crippen molar-refractivity contribution < 1.29 is 4.79 Å². The highest BCUT2D eigenvalue weighted by atomic mass is 16.2. The predicted molar refractivity (Wildman–Crippen MR) is 116 cm³/mol. The maximum Gasteiger partial charge on any atom is 0.273 e. The largest absolute Gasteiger partial charge is 0.338 e. The molecule has 7 heteroatoms. The molecule has 0 unspecified atom stereocenters. The number of aromatic nitrogens is 3. The van der Waals surface area contributed by atoms with Crippen molar-refractivity contribution in [2.75, 3.05) is 26.2 Å². The van der Waals surface area contributed by atoms with Crippen LogP contribution in [0.1, 0.15) is 42.5 Å². The SMILES string of the molecule is O=C(c1c[nH]n2c(=O)cc(-c3ccccc3)nc12)N1CCC(N2CCCCC2)CC1. The first kappa shape index (κ1) is 19.1. The van der Waals surface area contributed by atoms with Gasteiger partial charge in [0.15, 0.2) is 5.65 Å². The zero-order valence-corrected chi connectivity index (χ0v) is 17.1. The lowest BCUT2D eigenvalue weighted by atomic mass is 9.99. The van der Waals surface area contributed by atoms with Crippen molar-refractivity contribution >= 4 is 11.6 Å². The van der Waals surface area contributed by atoms with Gasteiger partial charge in [-0.05, 0) is 38.8 Å². The molecule has 3 aromatic rings. The Morgan fingerprint density at radius 2 is 1.73 bits per heavy atom. The first-order chi connectivity index (χ1) is 14.7. The number of rotatable bonds is 3. The van der Waals surface area contributed by atoms with Gasteiger partial charge in [-0.25, -0.2) is 9.50 Å². The van der Waals surface area contributed by atoms with Crippen molar-refractivity contribution in [3.8, 4) is 11.3 Å². The van der Waals surface area contributed by atoms with E-state index in [-0.39, 0.29) is 11.5 Å². The zero-order chi connectivity index (χ0) is 20.5. The normalized spacial score (nSPS) is 18.7. The topological polar surface area (TPSA) is 73.7 Å². The summed E-state index contributed by atoms with van der Waals surface area (Å²) in [5, 5.41) is 2.90. The number of carbonyl (C=O) groups excluding carboxylic acids is 1. The van der Waals surface area contributed by atoms with E-state index in [1.54, 1.807) is 6.20 Å². The number of fused-ring (bicyclic) bond motifs is 1. The van der Waals surface area contributed by atoms with E-state index in [4.69, 9.17) is 0 Å². The van der Waals surface area contributed by atoms with E-state index in [0.717, 1.165) is 31.5 Å². The van der Waals surface area contributed by atoms with Gasteiger partial charge in [0.1, 0.15) is 5.56 Å².